The van der Waals surface area contributed by atoms with Crippen LogP contribution in [0.4, 0.5) is 0 Å². The lowest BCUT2D eigenvalue weighted by Gasteiger charge is -2.16. The van der Waals surface area contributed by atoms with Gasteiger partial charge in [-0.2, -0.15) is 5.26 Å². The van der Waals surface area contributed by atoms with E-state index >= 15 is 0 Å². The minimum absolute atomic E-state index is 0.274. The predicted molar refractivity (Wildman–Crippen MR) is 190 cm³/mol. The van der Waals surface area contributed by atoms with E-state index in [4.69, 9.17) is 0 Å². The fourth-order valence-corrected chi connectivity index (χ4v) is 11.8. The molecule has 0 bridgehead atoms. The lowest BCUT2D eigenvalue weighted by atomic mass is 10.1. The van der Waals surface area contributed by atoms with Crippen molar-refractivity contribution in [1.29, 1.82) is 5.26 Å². The van der Waals surface area contributed by atoms with Crippen molar-refractivity contribution >= 4 is 91.2 Å². The van der Waals surface area contributed by atoms with Gasteiger partial charge in [0.25, 0.3) is 11.8 Å². The van der Waals surface area contributed by atoms with Gasteiger partial charge in [-0.25, -0.2) is 4.90 Å². The Kier molecular flexibility index (Phi) is 6.91. The van der Waals surface area contributed by atoms with E-state index in [1.54, 1.807) is 68.6 Å². The molecule has 0 saturated heterocycles. The molecule has 2 amide bonds. The molecule has 2 aliphatic heterocycles. The van der Waals surface area contributed by atoms with Crippen molar-refractivity contribution in [3.63, 3.8) is 0 Å². The van der Waals surface area contributed by atoms with E-state index in [0.29, 0.717) is 22.5 Å². The van der Waals surface area contributed by atoms with E-state index < -0.39 is 5.91 Å². The summed E-state index contributed by atoms with van der Waals surface area (Å²) in [7, 11) is 1.71. The Morgan fingerprint density at radius 1 is 0.489 bits per heavy atom. The van der Waals surface area contributed by atoms with Crippen molar-refractivity contribution in [2.75, 3.05) is 7.05 Å². The fourth-order valence-electron chi connectivity index (χ4n) is 5.57. The van der Waals surface area contributed by atoms with Crippen molar-refractivity contribution in [3.05, 3.63) is 103 Å². The number of nitriles is 1. The minimum Gasteiger partial charge on any atom is -0.309 e. The highest BCUT2D eigenvalue weighted by Crippen LogP contribution is 2.50. The Labute approximate surface area is 283 Å². The maximum atomic E-state index is 13.8. The van der Waals surface area contributed by atoms with Crippen LogP contribution in [0.25, 0.3) is 50.4 Å². The number of likely N-dealkylation sites (N-methyl/N-ethyl adjacent to an activating group) is 1. The Balaban J connectivity index is 1.17. The van der Waals surface area contributed by atoms with E-state index in [-0.39, 0.29) is 5.91 Å². The number of carbonyl (C=O) groups excluding carboxylic acids is 2. The molecular formula is C34H21N3O2S6. The molecule has 0 saturated carbocycles. The molecule has 45 heavy (non-hydrogen) atoms. The number of nitrogens with zero attached hydrogens (tertiary/aromatic N) is 3. The molecule has 0 radical (unpaired) electrons. The Morgan fingerprint density at radius 2 is 0.822 bits per heavy atom. The van der Waals surface area contributed by atoms with Gasteiger partial charge in [-0.05, 0) is 86.6 Å². The number of hydrogen-bond acceptors (Lipinski definition) is 9. The number of fused-ring (bicyclic) bond motifs is 1. The Bertz CT molecular complexity index is 2290. The molecule has 8 heterocycles. The lowest BCUT2D eigenvalue weighted by molar-refractivity contribution is -0.122. The second-order valence-electron chi connectivity index (χ2n) is 10.5. The largest absolute Gasteiger partial charge is 0.309 e. The van der Waals surface area contributed by atoms with E-state index in [2.05, 4.69) is 68.6 Å². The molecule has 0 fully saturated rings. The van der Waals surface area contributed by atoms with Gasteiger partial charge in [0.05, 0.1) is 32.3 Å². The number of rotatable bonds is 6. The first kappa shape index (κ1) is 28.6. The first-order valence-corrected chi connectivity index (χ1v) is 18.8. The van der Waals surface area contributed by atoms with Crippen LogP contribution in [-0.2, 0) is 9.59 Å². The highest BCUT2D eigenvalue weighted by Gasteiger charge is 2.49. The van der Waals surface area contributed by atoms with Gasteiger partial charge in [-0.3, -0.25) is 9.59 Å². The van der Waals surface area contributed by atoms with Gasteiger partial charge in [-0.1, -0.05) is 0 Å². The van der Waals surface area contributed by atoms with E-state index in [1.165, 1.54) is 40.6 Å². The summed E-state index contributed by atoms with van der Waals surface area (Å²) in [6.45, 7) is 4.21. The molecule has 6 aromatic rings. The normalized spacial score (nSPS) is 14.8. The van der Waals surface area contributed by atoms with Gasteiger partial charge in [0.1, 0.15) is 0 Å². The smallest absolute Gasteiger partial charge is 0.274 e. The van der Waals surface area contributed by atoms with Gasteiger partial charge in [0, 0.05) is 55.8 Å². The number of thiophene rings is 6. The van der Waals surface area contributed by atoms with Crippen molar-refractivity contribution in [2.24, 2.45) is 0 Å². The summed E-state index contributed by atoms with van der Waals surface area (Å²) in [5, 5.41) is 10.1. The molecule has 0 aliphatic carbocycles. The zero-order valence-electron chi connectivity index (χ0n) is 24.0. The Hall–Kier alpha value is -3.89. The highest BCUT2D eigenvalue weighted by molar-refractivity contribution is 7.27. The van der Waals surface area contributed by atoms with Crippen molar-refractivity contribution in [2.45, 2.75) is 13.8 Å². The summed E-state index contributed by atoms with van der Waals surface area (Å²) >= 11 is 10.0. The van der Waals surface area contributed by atoms with Crippen LogP contribution in [0.3, 0.4) is 0 Å². The maximum Gasteiger partial charge on any atom is 0.274 e. The molecule has 2 aliphatic rings. The standard InChI is InChI=1S/C34H21N3O2S6/c1-17-4-6-19(40-17)21-8-10-23(42-21)25-12-14-27(44-25)31-29-30(33(38)36(31)3)32(37(16-35)34(29)39)28-15-13-26(45-28)24-11-9-22(43-24)20-7-5-18(2)41-20/h4-15H,1-3H3. The molecule has 11 heteroatoms. The summed E-state index contributed by atoms with van der Waals surface area (Å²) in [5.41, 5.74) is 1.53. The first-order chi connectivity index (χ1) is 21.8. The SMILES string of the molecule is Cc1ccc(-c2ccc(-c3ccc(C4=C5C(=O)N(C#N)C(c6ccc(-c7ccc(-c8ccc(C)s8)s7)s6)=C5C(=O)N4C)s3)s2)s1. The van der Waals surface area contributed by atoms with Crippen LogP contribution >= 0.6 is 68.0 Å². The molecule has 220 valence electrons. The van der Waals surface area contributed by atoms with Gasteiger partial charge in [-0.15, -0.1) is 68.0 Å². The maximum absolute atomic E-state index is 13.8. The first-order valence-electron chi connectivity index (χ1n) is 13.9. The summed E-state index contributed by atoms with van der Waals surface area (Å²) < 4.78 is 0. The summed E-state index contributed by atoms with van der Waals surface area (Å²) in [6, 6.07) is 25.0. The van der Waals surface area contributed by atoms with Crippen LogP contribution in [-0.4, -0.2) is 28.7 Å². The predicted octanol–water partition coefficient (Wildman–Crippen LogP) is 10.3. The molecule has 0 unspecified atom stereocenters. The third-order valence-corrected chi connectivity index (χ3v) is 14.8. The van der Waals surface area contributed by atoms with Crippen LogP contribution in [0.5, 0.6) is 0 Å². The molecule has 6 aromatic heterocycles. The number of amides is 2. The van der Waals surface area contributed by atoms with Crippen molar-refractivity contribution in [1.82, 2.24) is 9.80 Å². The molecular weight excluding hydrogens is 675 g/mol. The lowest BCUT2D eigenvalue weighted by Crippen LogP contribution is -2.24. The molecule has 0 aromatic carbocycles. The average molecular weight is 696 g/mol. The third kappa shape index (κ3) is 4.63. The zero-order valence-corrected chi connectivity index (χ0v) is 28.9. The number of aryl methyl sites for hydroxylation is 2. The second kappa shape index (κ2) is 10.9. The van der Waals surface area contributed by atoms with Gasteiger partial charge in [0.2, 0.25) is 0 Å². The van der Waals surface area contributed by atoms with Crippen molar-refractivity contribution < 1.29 is 9.59 Å². The van der Waals surface area contributed by atoms with Crippen LogP contribution in [0, 0.1) is 25.3 Å². The van der Waals surface area contributed by atoms with E-state index in [1.807, 2.05) is 24.3 Å². The topological polar surface area (TPSA) is 64.4 Å². The van der Waals surface area contributed by atoms with Gasteiger partial charge in [0.15, 0.2) is 6.19 Å². The van der Waals surface area contributed by atoms with Gasteiger partial charge < -0.3 is 4.90 Å². The van der Waals surface area contributed by atoms with Crippen molar-refractivity contribution in [3.8, 4) is 45.2 Å². The zero-order chi connectivity index (χ0) is 31.0. The second-order valence-corrected chi connectivity index (χ2v) is 17.4. The van der Waals surface area contributed by atoms with Gasteiger partial charge >= 0.3 is 0 Å². The monoisotopic (exact) mass is 695 g/mol. The summed E-state index contributed by atoms with van der Waals surface area (Å²) in [5.74, 6) is -0.734. The van der Waals surface area contributed by atoms with Crippen LogP contribution in [0.2, 0.25) is 0 Å². The molecule has 0 spiro atoms. The quantitative estimate of drug-likeness (QED) is 0.163. The number of hydrogen-bond donors (Lipinski definition) is 0. The summed E-state index contributed by atoms with van der Waals surface area (Å²) in [4.78, 5) is 43.6. The van der Waals surface area contributed by atoms with Crippen LogP contribution in [0.1, 0.15) is 19.5 Å². The fraction of sp³-hybridized carbons (Fsp3) is 0.0882. The summed E-state index contributed by atoms with van der Waals surface area (Å²) in [6.07, 6.45) is 2.06. The number of carbonyl (C=O) groups is 2. The minimum atomic E-state index is -0.460. The molecule has 0 N–H and O–H groups in total. The van der Waals surface area contributed by atoms with E-state index in [0.717, 1.165) is 34.2 Å². The average Bonchev–Trinajstić information content (AvgIpc) is 3.87. The van der Waals surface area contributed by atoms with E-state index in [9.17, 15) is 14.9 Å². The molecule has 5 nitrogen and oxygen atoms in total. The Morgan fingerprint density at radius 3 is 1.22 bits per heavy atom. The highest BCUT2D eigenvalue weighted by atomic mass is 32.1. The van der Waals surface area contributed by atoms with Crippen LogP contribution < -0.4 is 0 Å². The third-order valence-electron chi connectivity index (χ3n) is 7.66. The van der Waals surface area contributed by atoms with Crippen LogP contribution in [0.15, 0.2) is 83.9 Å². The molecule has 8 rings (SSSR count). The molecule has 0 atom stereocenters.